The van der Waals surface area contributed by atoms with Crippen LogP contribution in [0.5, 0.6) is 0 Å². The van der Waals surface area contributed by atoms with E-state index in [1.54, 1.807) is 37.3 Å². The van der Waals surface area contributed by atoms with Gasteiger partial charge in [-0.25, -0.2) is 4.79 Å². The second kappa shape index (κ2) is 6.44. The number of aliphatic hydroxyl groups excluding tert-OH is 1. The molecule has 1 aromatic rings. The van der Waals surface area contributed by atoms with Crippen LogP contribution in [0.15, 0.2) is 41.7 Å². The summed E-state index contributed by atoms with van der Waals surface area (Å²) in [5, 5.41) is 11.9. The van der Waals surface area contributed by atoms with E-state index >= 15 is 0 Å². The highest BCUT2D eigenvalue weighted by Crippen LogP contribution is 2.10. The van der Waals surface area contributed by atoms with Crippen molar-refractivity contribution in [3.05, 3.63) is 41.7 Å². The third-order valence-corrected chi connectivity index (χ3v) is 2.10. The van der Waals surface area contributed by atoms with E-state index in [0.29, 0.717) is 5.69 Å². The van der Waals surface area contributed by atoms with Crippen molar-refractivity contribution in [1.29, 1.82) is 0 Å². The number of hydrogen-bond donors (Lipinski definition) is 2. The van der Waals surface area contributed by atoms with Crippen LogP contribution in [-0.4, -0.2) is 23.6 Å². The molecule has 0 aliphatic heterocycles. The van der Waals surface area contributed by atoms with Crippen molar-refractivity contribution in [1.82, 2.24) is 0 Å². The van der Waals surface area contributed by atoms with E-state index < -0.39 is 11.9 Å². The Labute approximate surface area is 105 Å². The first-order valence-corrected chi connectivity index (χ1v) is 5.49. The lowest BCUT2D eigenvalue weighted by Crippen LogP contribution is -2.23. The average molecular weight is 249 g/mol. The molecule has 0 unspecified atom stereocenters. The molecule has 1 rings (SSSR count). The molecule has 0 aliphatic rings. The van der Waals surface area contributed by atoms with Gasteiger partial charge in [0, 0.05) is 5.69 Å². The fourth-order valence-corrected chi connectivity index (χ4v) is 1.32. The smallest absolute Gasteiger partial charge is 0.347 e. The maximum atomic E-state index is 11.8. The topological polar surface area (TPSA) is 75.6 Å². The molecular formula is C13H15NO4. The molecule has 1 amide bonds. The molecule has 0 aromatic heterocycles. The minimum Gasteiger partial charge on any atom is -0.511 e. The zero-order chi connectivity index (χ0) is 13.5. The first-order valence-electron chi connectivity index (χ1n) is 5.49. The van der Waals surface area contributed by atoms with Crippen LogP contribution in [0.2, 0.25) is 0 Å². The van der Waals surface area contributed by atoms with Gasteiger partial charge >= 0.3 is 5.97 Å². The minimum atomic E-state index is -0.842. The van der Waals surface area contributed by atoms with E-state index in [2.05, 4.69) is 5.32 Å². The second-order valence-corrected chi connectivity index (χ2v) is 3.50. The average Bonchev–Trinajstić information content (AvgIpc) is 2.30. The molecule has 5 heteroatoms. The number of rotatable bonds is 4. The summed E-state index contributed by atoms with van der Waals surface area (Å²) in [6.45, 7) is 3.02. The van der Waals surface area contributed by atoms with E-state index in [1.807, 2.05) is 0 Å². The van der Waals surface area contributed by atoms with E-state index in [1.165, 1.54) is 6.92 Å². The van der Waals surface area contributed by atoms with Gasteiger partial charge in [0.15, 0.2) is 5.57 Å². The molecule has 0 radical (unpaired) electrons. The summed E-state index contributed by atoms with van der Waals surface area (Å²) in [4.78, 5) is 23.4. The Morgan fingerprint density at radius 1 is 1.28 bits per heavy atom. The number of carbonyl (C=O) groups excluding carboxylic acids is 2. The number of allylic oxidation sites excluding steroid dienone is 1. The van der Waals surface area contributed by atoms with Crippen molar-refractivity contribution >= 4 is 17.6 Å². The maximum Gasteiger partial charge on any atom is 0.347 e. The maximum absolute atomic E-state index is 11.8. The Morgan fingerprint density at radius 2 is 1.89 bits per heavy atom. The van der Waals surface area contributed by atoms with Gasteiger partial charge < -0.3 is 15.2 Å². The molecule has 0 atom stereocenters. The Bertz CT molecular complexity index is 461. The Kier molecular flexibility index (Phi) is 4.92. The summed E-state index contributed by atoms with van der Waals surface area (Å²) in [5.41, 5.74) is 0.145. The quantitative estimate of drug-likeness (QED) is 0.281. The predicted octanol–water partition coefficient (Wildman–Crippen LogP) is 2.02. The Morgan fingerprint density at radius 3 is 2.39 bits per heavy atom. The van der Waals surface area contributed by atoms with Crippen LogP contribution < -0.4 is 5.32 Å². The van der Waals surface area contributed by atoms with Crippen LogP contribution in [0.4, 0.5) is 5.69 Å². The van der Waals surface area contributed by atoms with Crippen LogP contribution in [0.3, 0.4) is 0 Å². The van der Waals surface area contributed by atoms with Gasteiger partial charge in [0.1, 0.15) is 5.76 Å². The third-order valence-electron chi connectivity index (χ3n) is 2.10. The van der Waals surface area contributed by atoms with Crippen molar-refractivity contribution in [3.63, 3.8) is 0 Å². The number of esters is 1. The Hall–Kier alpha value is -2.30. The highest BCUT2D eigenvalue weighted by Gasteiger charge is 2.22. The molecule has 18 heavy (non-hydrogen) atoms. The van der Waals surface area contributed by atoms with Gasteiger partial charge in [-0.05, 0) is 26.0 Å². The first-order chi connectivity index (χ1) is 8.56. The molecule has 0 spiro atoms. The zero-order valence-corrected chi connectivity index (χ0v) is 10.3. The molecule has 2 N–H and O–H groups in total. The molecule has 0 saturated heterocycles. The van der Waals surface area contributed by atoms with Crippen molar-refractivity contribution in [3.8, 4) is 0 Å². The molecule has 0 saturated carbocycles. The number of aliphatic hydroxyl groups is 1. The summed E-state index contributed by atoms with van der Waals surface area (Å²) in [6.07, 6.45) is 0. The van der Waals surface area contributed by atoms with Crippen LogP contribution in [0.25, 0.3) is 0 Å². The highest BCUT2D eigenvalue weighted by atomic mass is 16.5. The van der Waals surface area contributed by atoms with Gasteiger partial charge in [0.05, 0.1) is 6.61 Å². The highest BCUT2D eigenvalue weighted by molar-refractivity contribution is 6.21. The fourth-order valence-electron chi connectivity index (χ4n) is 1.32. The van der Waals surface area contributed by atoms with Crippen molar-refractivity contribution in [2.45, 2.75) is 13.8 Å². The number of nitrogens with one attached hydrogen (secondary N) is 1. The van der Waals surface area contributed by atoms with Gasteiger partial charge in [-0.15, -0.1) is 0 Å². The van der Waals surface area contributed by atoms with Crippen LogP contribution >= 0.6 is 0 Å². The summed E-state index contributed by atoms with van der Waals surface area (Å²) >= 11 is 0. The SMILES string of the molecule is CCOC(=O)/C(C(=O)Nc1ccccc1)=C(/C)O. The monoisotopic (exact) mass is 249 g/mol. The first kappa shape index (κ1) is 13.8. The second-order valence-electron chi connectivity index (χ2n) is 3.50. The summed E-state index contributed by atoms with van der Waals surface area (Å²) < 4.78 is 4.71. The number of benzene rings is 1. The number of amides is 1. The molecule has 0 bridgehead atoms. The number of hydrogen-bond acceptors (Lipinski definition) is 4. The van der Waals surface area contributed by atoms with Crippen molar-refractivity contribution in [2.75, 3.05) is 11.9 Å². The lowest BCUT2D eigenvalue weighted by molar-refractivity contribution is -0.140. The minimum absolute atomic E-state index is 0.133. The van der Waals surface area contributed by atoms with Crippen LogP contribution in [-0.2, 0) is 14.3 Å². The number of carbonyl (C=O) groups is 2. The number of ether oxygens (including phenoxy) is 1. The molecule has 1 aromatic carbocycles. The van der Waals surface area contributed by atoms with Crippen LogP contribution in [0.1, 0.15) is 13.8 Å². The molecule has 96 valence electrons. The Balaban J connectivity index is 2.86. The standard InChI is InChI=1S/C13H15NO4/c1-3-18-13(17)11(9(2)15)12(16)14-10-7-5-4-6-8-10/h4-8,15H,3H2,1-2H3,(H,14,16)/b11-9-. The van der Waals surface area contributed by atoms with E-state index in [4.69, 9.17) is 4.74 Å². The molecule has 0 aliphatic carbocycles. The van der Waals surface area contributed by atoms with E-state index in [0.717, 1.165) is 0 Å². The van der Waals surface area contributed by atoms with Gasteiger partial charge in [-0.1, -0.05) is 18.2 Å². The predicted molar refractivity (Wildman–Crippen MR) is 67.0 cm³/mol. The number of anilines is 1. The van der Waals surface area contributed by atoms with Crippen LogP contribution in [0, 0.1) is 0 Å². The summed E-state index contributed by atoms with van der Waals surface area (Å²) in [5.74, 6) is -1.91. The largest absolute Gasteiger partial charge is 0.511 e. The van der Waals surface area contributed by atoms with Crippen molar-refractivity contribution in [2.24, 2.45) is 0 Å². The lowest BCUT2D eigenvalue weighted by atomic mass is 10.2. The summed E-state index contributed by atoms with van der Waals surface area (Å²) in [6, 6.07) is 8.64. The normalized spacial score (nSPS) is 11.4. The zero-order valence-electron chi connectivity index (χ0n) is 10.3. The molecular weight excluding hydrogens is 234 g/mol. The molecule has 0 heterocycles. The van der Waals surface area contributed by atoms with Gasteiger partial charge in [0.2, 0.25) is 0 Å². The third kappa shape index (κ3) is 3.62. The van der Waals surface area contributed by atoms with Crippen molar-refractivity contribution < 1.29 is 19.4 Å². The van der Waals surface area contributed by atoms with Gasteiger partial charge in [0.25, 0.3) is 5.91 Å². The fraction of sp³-hybridized carbons (Fsp3) is 0.231. The van der Waals surface area contributed by atoms with Gasteiger partial charge in [-0.2, -0.15) is 0 Å². The number of para-hydroxylation sites is 1. The van der Waals surface area contributed by atoms with E-state index in [9.17, 15) is 14.7 Å². The molecule has 5 nitrogen and oxygen atoms in total. The lowest BCUT2D eigenvalue weighted by Gasteiger charge is -2.08. The molecule has 0 fully saturated rings. The summed E-state index contributed by atoms with van der Waals surface area (Å²) in [7, 11) is 0. The van der Waals surface area contributed by atoms with E-state index in [-0.39, 0.29) is 17.9 Å². The van der Waals surface area contributed by atoms with Gasteiger partial charge in [-0.3, -0.25) is 4.79 Å².